The summed E-state index contributed by atoms with van der Waals surface area (Å²) >= 11 is 0. The monoisotopic (exact) mass is 457 g/mol. The maximum absolute atomic E-state index is 9.64. The average Bonchev–Trinajstić information content (AvgIpc) is 3.35. The minimum Gasteiger partial charge on any atom is -0.508 e. The molecule has 4 aromatic rings. The molecule has 176 valence electrons. The molecule has 1 saturated heterocycles. The summed E-state index contributed by atoms with van der Waals surface area (Å²) in [5.74, 6) is 1.16. The van der Waals surface area contributed by atoms with Gasteiger partial charge in [0.05, 0.1) is 17.1 Å². The Bertz CT molecular complexity index is 1260. The fourth-order valence-corrected chi connectivity index (χ4v) is 4.63. The number of pyridine rings is 1. The normalized spacial score (nSPS) is 16.1. The third-order valence-electron chi connectivity index (χ3n) is 7.01. The van der Waals surface area contributed by atoms with Crippen LogP contribution in [0.15, 0.2) is 60.8 Å². The second-order valence-electron chi connectivity index (χ2n) is 9.51. The van der Waals surface area contributed by atoms with Gasteiger partial charge in [0.1, 0.15) is 5.75 Å². The van der Waals surface area contributed by atoms with E-state index in [2.05, 4.69) is 75.3 Å². The van der Waals surface area contributed by atoms with E-state index in [-0.39, 0.29) is 11.6 Å². The number of anilines is 1. The van der Waals surface area contributed by atoms with Crippen molar-refractivity contribution in [3.63, 3.8) is 0 Å². The Morgan fingerprint density at radius 3 is 2.50 bits per heavy atom. The van der Waals surface area contributed by atoms with Crippen LogP contribution in [0.5, 0.6) is 5.75 Å². The van der Waals surface area contributed by atoms with Gasteiger partial charge in [-0.3, -0.25) is 9.88 Å². The molecule has 0 bridgehead atoms. The molecule has 0 amide bonds. The van der Waals surface area contributed by atoms with Gasteiger partial charge in [0, 0.05) is 43.4 Å². The SMILES string of the molecule is CCC(C)(C)n1nnnc1[C@H](c1ccc2ncccc2c1)N1CCN(c2ccc(O)cc2)CC1. The van der Waals surface area contributed by atoms with Crippen LogP contribution in [0.3, 0.4) is 0 Å². The zero-order valence-corrected chi connectivity index (χ0v) is 20.0. The Balaban J connectivity index is 1.50. The van der Waals surface area contributed by atoms with Gasteiger partial charge in [-0.15, -0.1) is 5.10 Å². The average molecular weight is 458 g/mol. The van der Waals surface area contributed by atoms with E-state index in [0.717, 1.165) is 55.0 Å². The summed E-state index contributed by atoms with van der Waals surface area (Å²) in [7, 11) is 0. The second kappa shape index (κ2) is 9.02. The van der Waals surface area contributed by atoms with E-state index >= 15 is 0 Å². The summed E-state index contributed by atoms with van der Waals surface area (Å²) in [6, 6.07) is 17.9. The molecule has 0 unspecified atom stereocenters. The van der Waals surface area contributed by atoms with Crippen LogP contribution in [0, 0.1) is 0 Å². The van der Waals surface area contributed by atoms with Crippen molar-refractivity contribution in [2.24, 2.45) is 0 Å². The van der Waals surface area contributed by atoms with Gasteiger partial charge in [0.25, 0.3) is 0 Å². The van der Waals surface area contributed by atoms with E-state index in [1.54, 1.807) is 12.1 Å². The number of tetrazole rings is 1. The topological polar surface area (TPSA) is 83.2 Å². The Labute approximate surface area is 199 Å². The molecule has 1 aliphatic rings. The summed E-state index contributed by atoms with van der Waals surface area (Å²) in [4.78, 5) is 9.33. The van der Waals surface area contributed by atoms with Gasteiger partial charge >= 0.3 is 0 Å². The maximum atomic E-state index is 9.64. The summed E-state index contributed by atoms with van der Waals surface area (Å²) in [6.45, 7) is 10.0. The van der Waals surface area contributed by atoms with E-state index in [1.165, 1.54) is 5.56 Å². The highest BCUT2D eigenvalue weighted by molar-refractivity contribution is 5.79. The predicted octanol–water partition coefficient (Wildman–Crippen LogP) is 3.98. The highest BCUT2D eigenvalue weighted by Crippen LogP contribution is 2.33. The fraction of sp³-hybridized carbons (Fsp3) is 0.385. The molecule has 0 spiro atoms. The number of phenols is 1. The number of hydrogen-bond donors (Lipinski definition) is 1. The van der Waals surface area contributed by atoms with Crippen molar-refractivity contribution in [3.8, 4) is 5.75 Å². The largest absolute Gasteiger partial charge is 0.508 e. The van der Waals surface area contributed by atoms with E-state index in [9.17, 15) is 5.11 Å². The molecule has 2 aromatic carbocycles. The summed E-state index contributed by atoms with van der Waals surface area (Å²) < 4.78 is 2.00. The highest BCUT2D eigenvalue weighted by Gasteiger charge is 2.34. The van der Waals surface area contributed by atoms with E-state index < -0.39 is 0 Å². The number of piperazine rings is 1. The predicted molar refractivity (Wildman–Crippen MR) is 133 cm³/mol. The van der Waals surface area contributed by atoms with Crippen LogP contribution >= 0.6 is 0 Å². The molecule has 0 aliphatic carbocycles. The lowest BCUT2D eigenvalue weighted by Crippen LogP contribution is -2.48. The van der Waals surface area contributed by atoms with Gasteiger partial charge in [-0.2, -0.15) is 0 Å². The fourth-order valence-electron chi connectivity index (χ4n) is 4.63. The molecule has 2 aromatic heterocycles. The molecule has 3 heterocycles. The van der Waals surface area contributed by atoms with Crippen LogP contribution in [0.4, 0.5) is 5.69 Å². The number of rotatable bonds is 6. The first kappa shape index (κ1) is 22.3. The second-order valence-corrected chi connectivity index (χ2v) is 9.51. The third kappa shape index (κ3) is 4.21. The van der Waals surface area contributed by atoms with Gasteiger partial charge in [-0.05, 0) is 78.7 Å². The third-order valence-corrected chi connectivity index (χ3v) is 7.01. The molecular weight excluding hydrogens is 426 g/mol. The molecule has 8 heteroatoms. The Morgan fingerprint density at radius 1 is 1.00 bits per heavy atom. The molecule has 8 nitrogen and oxygen atoms in total. The Hall–Kier alpha value is -3.52. The lowest BCUT2D eigenvalue weighted by atomic mass is 9.98. The zero-order chi connectivity index (χ0) is 23.7. The minimum absolute atomic E-state index is 0.0626. The van der Waals surface area contributed by atoms with Crippen molar-refractivity contribution in [2.75, 3.05) is 31.1 Å². The molecule has 0 saturated carbocycles. The van der Waals surface area contributed by atoms with E-state index in [4.69, 9.17) is 0 Å². The van der Waals surface area contributed by atoms with Crippen molar-refractivity contribution in [3.05, 3.63) is 72.2 Å². The van der Waals surface area contributed by atoms with Crippen molar-refractivity contribution in [1.82, 2.24) is 30.1 Å². The number of hydrogen-bond acceptors (Lipinski definition) is 7. The Morgan fingerprint density at radius 2 is 1.76 bits per heavy atom. The lowest BCUT2D eigenvalue weighted by molar-refractivity contribution is 0.187. The van der Waals surface area contributed by atoms with Gasteiger partial charge in [0.15, 0.2) is 5.82 Å². The first-order chi connectivity index (χ1) is 16.5. The summed E-state index contributed by atoms with van der Waals surface area (Å²) in [5, 5.41) is 23.8. The quantitative estimate of drug-likeness (QED) is 0.469. The van der Waals surface area contributed by atoms with Crippen molar-refractivity contribution < 1.29 is 5.11 Å². The minimum atomic E-state index is -0.191. The number of aromatic nitrogens is 5. The van der Waals surface area contributed by atoms with E-state index in [0.29, 0.717) is 5.75 Å². The summed E-state index contributed by atoms with van der Waals surface area (Å²) in [6.07, 6.45) is 2.75. The van der Waals surface area contributed by atoms with E-state index in [1.807, 2.05) is 29.1 Å². The van der Waals surface area contributed by atoms with Gasteiger partial charge in [-0.1, -0.05) is 19.1 Å². The molecule has 1 atom stereocenters. The first-order valence-corrected chi connectivity index (χ1v) is 11.9. The van der Waals surface area contributed by atoms with Crippen molar-refractivity contribution in [1.29, 1.82) is 0 Å². The van der Waals surface area contributed by atoms with Crippen LogP contribution in [0.25, 0.3) is 10.9 Å². The maximum Gasteiger partial charge on any atom is 0.173 e. The molecule has 5 rings (SSSR count). The number of nitrogens with zero attached hydrogens (tertiary/aromatic N) is 7. The van der Waals surface area contributed by atoms with Crippen LogP contribution in [-0.4, -0.2) is 61.4 Å². The van der Waals surface area contributed by atoms with Crippen LogP contribution < -0.4 is 4.90 Å². The van der Waals surface area contributed by atoms with Crippen LogP contribution in [-0.2, 0) is 5.54 Å². The Kier molecular flexibility index (Phi) is 5.91. The van der Waals surface area contributed by atoms with Gasteiger partial charge < -0.3 is 10.0 Å². The molecule has 0 radical (unpaired) electrons. The standard InChI is InChI=1S/C26H31N7O/c1-4-26(2,3)33-25(28-29-30-33)24(20-7-12-23-19(18-20)6-5-13-27-23)32-16-14-31(15-17-32)21-8-10-22(34)11-9-21/h5-13,18,24,34H,4,14-17H2,1-3H3/t24-/m0/s1. The number of phenolic OH excluding ortho intramolecular Hbond substituents is 1. The number of benzene rings is 2. The lowest BCUT2D eigenvalue weighted by Gasteiger charge is -2.40. The number of fused-ring (bicyclic) bond motifs is 1. The molecule has 1 N–H and O–H groups in total. The van der Waals surface area contributed by atoms with Crippen LogP contribution in [0.1, 0.15) is 44.6 Å². The molecule has 34 heavy (non-hydrogen) atoms. The number of aromatic hydroxyl groups is 1. The first-order valence-electron chi connectivity index (χ1n) is 11.9. The molecule has 1 fully saturated rings. The van der Waals surface area contributed by atoms with Crippen molar-refractivity contribution >= 4 is 16.6 Å². The van der Waals surface area contributed by atoms with Gasteiger partial charge in [-0.25, -0.2) is 4.68 Å². The van der Waals surface area contributed by atoms with Crippen LogP contribution in [0.2, 0.25) is 0 Å². The highest BCUT2D eigenvalue weighted by atomic mass is 16.3. The summed E-state index contributed by atoms with van der Waals surface area (Å²) in [5.41, 5.74) is 3.09. The molecular formula is C26H31N7O. The van der Waals surface area contributed by atoms with Crippen molar-refractivity contribution in [2.45, 2.75) is 38.8 Å². The smallest absolute Gasteiger partial charge is 0.173 e. The molecule has 1 aliphatic heterocycles. The van der Waals surface area contributed by atoms with Gasteiger partial charge in [0.2, 0.25) is 0 Å². The zero-order valence-electron chi connectivity index (χ0n) is 20.0.